The first kappa shape index (κ1) is 23.7. The minimum atomic E-state index is -0.396. The molecule has 0 atom stereocenters. The zero-order valence-corrected chi connectivity index (χ0v) is 20.2. The molecule has 0 aliphatic rings. The maximum Gasteiger partial charge on any atom is 0.276 e. The van der Waals surface area contributed by atoms with Crippen molar-refractivity contribution in [2.75, 3.05) is 10.6 Å². The van der Waals surface area contributed by atoms with Crippen LogP contribution in [0.1, 0.15) is 44.6 Å². The number of benzene rings is 2. The molecule has 0 spiro atoms. The predicted molar refractivity (Wildman–Crippen MR) is 134 cm³/mol. The normalized spacial score (nSPS) is 10.7. The third-order valence-corrected chi connectivity index (χ3v) is 5.81. The number of anilines is 2. The first-order valence-corrected chi connectivity index (χ1v) is 11.3. The Morgan fingerprint density at radius 2 is 1.57 bits per heavy atom. The molecule has 0 saturated heterocycles. The molecule has 180 valence electrons. The highest BCUT2D eigenvalue weighted by molar-refractivity contribution is 6.11. The van der Waals surface area contributed by atoms with Crippen LogP contribution in [0.2, 0.25) is 0 Å². The van der Waals surface area contributed by atoms with Crippen molar-refractivity contribution < 1.29 is 14.3 Å². The van der Waals surface area contributed by atoms with E-state index >= 15 is 0 Å². The Kier molecular flexibility index (Phi) is 6.96. The van der Waals surface area contributed by atoms with E-state index in [-0.39, 0.29) is 11.6 Å². The summed E-state index contributed by atoms with van der Waals surface area (Å²) in [6, 6.07) is 15.1. The lowest BCUT2D eigenvalue weighted by atomic mass is 10.1. The maximum atomic E-state index is 13.0. The lowest BCUT2D eigenvalue weighted by Gasteiger charge is -2.10. The van der Waals surface area contributed by atoms with Crippen LogP contribution in [0.15, 0.2) is 60.9 Å². The summed E-state index contributed by atoms with van der Waals surface area (Å²) >= 11 is 0. The second-order valence-electron chi connectivity index (χ2n) is 8.19. The van der Waals surface area contributed by atoms with Gasteiger partial charge in [0.2, 0.25) is 0 Å². The summed E-state index contributed by atoms with van der Waals surface area (Å²) in [5, 5.41) is 13.9. The van der Waals surface area contributed by atoms with E-state index in [0.717, 1.165) is 23.4 Å². The van der Waals surface area contributed by atoms with Crippen molar-refractivity contribution in [3.63, 3.8) is 0 Å². The van der Waals surface area contributed by atoms with E-state index < -0.39 is 5.91 Å². The molecule has 9 nitrogen and oxygen atoms in total. The van der Waals surface area contributed by atoms with Gasteiger partial charge in [-0.3, -0.25) is 19.0 Å². The lowest BCUT2D eigenvalue weighted by molar-refractivity contribution is 0.101. The van der Waals surface area contributed by atoms with Crippen LogP contribution in [0.4, 0.5) is 11.4 Å². The summed E-state index contributed by atoms with van der Waals surface area (Å²) < 4.78 is 8.95. The van der Waals surface area contributed by atoms with E-state index in [4.69, 9.17) is 4.74 Å². The zero-order valence-electron chi connectivity index (χ0n) is 20.2. The number of carbonyl (C=O) groups excluding carboxylic acids is 2. The smallest absolute Gasteiger partial charge is 0.276 e. The Labute approximate surface area is 203 Å². The largest absolute Gasteiger partial charge is 0.489 e. The van der Waals surface area contributed by atoms with Gasteiger partial charge in [-0.15, -0.1) is 0 Å². The van der Waals surface area contributed by atoms with Crippen molar-refractivity contribution in [2.24, 2.45) is 14.1 Å². The van der Waals surface area contributed by atoms with E-state index in [0.29, 0.717) is 23.5 Å². The van der Waals surface area contributed by atoms with E-state index in [1.165, 1.54) is 16.4 Å². The van der Waals surface area contributed by atoms with Crippen molar-refractivity contribution in [3.8, 4) is 5.75 Å². The van der Waals surface area contributed by atoms with E-state index in [9.17, 15) is 9.59 Å². The standard InChI is InChI=1S/C26H28N6O3/c1-5-18-9-11-21(12-10-18)35-16-19-7-6-8-20(13-19)25(33)30-23-15-28-32(4)24(23)26(34)29-22-14-27-31(3)17(22)2/h6-15H,5,16H2,1-4H3,(H,29,34)(H,30,33). The molecule has 2 N–H and O–H groups in total. The second kappa shape index (κ2) is 10.3. The van der Waals surface area contributed by atoms with Crippen molar-refractivity contribution in [2.45, 2.75) is 26.9 Å². The molecule has 35 heavy (non-hydrogen) atoms. The number of amides is 2. The molecular weight excluding hydrogens is 444 g/mol. The van der Waals surface area contributed by atoms with Gasteiger partial charge < -0.3 is 15.4 Å². The molecule has 0 aliphatic carbocycles. The van der Waals surface area contributed by atoms with E-state index in [1.54, 1.807) is 43.2 Å². The summed E-state index contributed by atoms with van der Waals surface area (Å²) in [5.41, 5.74) is 4.50. The molecule has 0 saturated carbocycles. The molecule has 4 rings (SSSR count). The molecule has 2 aromatic heterocycles. The van der Waals surface area contributed by atoms with Gasteiger partial charge in [-0.2, -0.15) is 10.2 Å². The highest BCUT2D eigenvalue weighted by Gasteiger charge is 2.21. The van der Waals surface area contributed by atoms with Gasteiger partial charge >= 0.3 is 0 Å². The molecular formula is C26H28N6O3. The fraction of sp³-hybridized carbons (Fsp3) is 0.231. The van der Waals surface area contributed by atoms with Crippen LogP contribution in [0.5, 0.6) is 5.75 Å². The third-order valence-electron chi connectivity index (χ3n) is 5.81. The zero-order chi connectivity index (χ0) is 24.9. The number of nitrogens with zero attached hydrogens (tertiary/aromatic N) is 4. The summed E-state index contributed by atoms with van der Waals surface area (Å²) in [5.74, 6) is 0.0262. The number of hydrogen-bond donors (Lipinski definition) is 2. The number of nitrogens with one attached hydrogen (secondary N) is 2. The van der Waals surface area contributed by atoms with Gasteiger partial charge in [-0.25, -0.2) is 0 Å². The predicted octanol–water partition coefficient (Wildman–Crippen LogP) is 4.11. The highest BCUT2D eigenvalue weighted by atomic mass is 16.5. The molecule has 2 aromatic carbocycles. The van der Waals surface area contributed by atoms with Gasteiger partial charge in [0, 0.05) is 19.7 Å². The van der Waals surface area contributed by atoms with Crippen LogP contribution in [0.3, 0.4) is 0 Å². The first-order valence-electron chi connectivity index (χ1n) is 11.3. The van der Waals surface area contributed by atoms with Gasteiger partial charge in [0.1, 0.15) is 18.1 Å². The quantitative estimate of drug-likeness (QED) is 0.402. The van der Waals surface area contributed by atoms with Gasteiger partial charge in [0.25, 0.3) is 11.8 Å². The Hall–Kier alpha value is -4.40. The third kappa shape index (κ3) is 5.40. The number of hydrogen-bond acceptors (Lipinski definition) is 5. The molecule has 0 radical (unpaired) electrons. The Balaban J connectivity index is 1.44. The van der Waals surface area contributed by atoms with Gasteiger partial charge in [0.15, 0.2) is 0 Å². The minimum absolute atomic E-state index is 0.233. The maximum absolute atomic E-state index is 13.0. The number of aryl methyl sites for hydroxylation is 3. The SMILES string of the molecule is CCc1ccc(OCc2cccc(C(=O)Nc3cnn(C)c3C(=O)Nc3cnn(C)c3C)c2)cc1. The van der Waals surface area contributed by atoms with Gasteiger partial charge in [-0.05, 0) is 48.7 Å². The van der Waals surface area contributed by atoms with E-state index in [1.807, 2.05) is 37.3 Å². The lowest BCUT2D eigenvalue weighted by Crippen LogP contribution is -2.20. The summed E-state index contributed by atoms with van der Waals surface area (Å²) in [4.78, 5) is 25.9. The number of aromatic nitrogens is 4. The van der Waals surface area contributed by atoms with Crippen molar-refractivity contribution in [3.05, 3.63) is 89.0 Å². The summed E-state index contributed by atoms with van der Waals surface area (Å²) in [6.07, 6.45) is 4.00. The topological polar surface area (TPSA) is 103 Å². The summed E-state index contributed by atoms with van der Waals surface area (Å²) in [7, 11) is 3.44. The fourth-order valence-electron chi connectivity index (χ4n) is 3.59. The average Bonchev–Trinajstić information content (AvgIpc) is 3.39. The second-order valence-corrected chi connectivity index (χ2v) is 8.19. The molecule has 0 fully saturated rings. The Morgan fingerprint density at radius 3 is 2.26 bits per heavy atom. The average molecular weight is 473 g/mol. The number of ether oxygens (including phenoxy) is 1. The van der Waals surface area contributed by atoms with Gasteiger partial charge in [-0.1, -0.05) is 31.2 Å². The molecule has 0 bridgehead atoms. The molecule has 2 heterocycles. The molecule has 0 unspecified atom stereocenters. The molecule has 9 heteroatoms. The van der Waals surface area contributed by atoms with Gasteiger partial charge in [0.05, 0.1) is 29.5 Å². The summed E-state index contributed by atoms with van der Waals surface area (Å²) in [6.45, 7) is 4.29. The monoisotopic (exact) mass is 472 g/mol. The number of rotatable bonds is 8. The first-order chi connectivity index (χ1) is 16.9. The van der Waals surface area contributed by atoms with Crippen LogP contribution in [-0.4, -0.2) is 31.4 Å². The molecule has 0 aliphatic heterocycles. The minimum Gasteiger partial charge on any atom is -0.489 e. The van der Waals surface area contributed by atoms with Crippen LogP contribution >= 0.6 is 0 Å². The van der Waals surface area contributed by atoms with Crippen LogP contribution in [-0.2, 0) is 27.1 Å². The molecule has 4 aromatic rings. The van der Waals surface area contributed by atoms with Crippen molar-refractivity contribution in [1.82, 2.24) is 19.6 Å². The Morgan fingerprint density at radius 1 is 0.886 bits per heavy atom. The Bertz CT molecular complexity index is 1350. The van der Waals surface area contributed by atoms with Crippen LogP contribution in [0.25, 0.3) is 0 Å². The van der Waals surface area contributed by atoms with Crippen LogP contribution in [0, 0.1) is 6.92 Å². The fourth-order valence-corrected chi connectivity index (χ4v) is 3.59. The molecule has 2 amide bonds. The van der Waals surface area contributed by atoms with Crippen molar-refractivity contribution >= 4 is 23.2 Å². The number of carbonyl (C=O) groups is 2. The highest BCUT2D eigenvalue weighted by Crippen LogP contribution is 2.20. The van der Waals surface area contributed by atoms with Crippen molar-refractivity contribution in [1.29, 1.82) is 0 Å². The van der Waals surface area contributed by atoms with E-state index in [2.05, 4.69) is 27.8 Å². The van der Waals surface area contributed by atoms with Crippen LogP contribution < -0.4 is 15.4 Å².